The van der Waals surface area contributed by atoms with Gasteiger partial charge in [0.1, 0.15) is 22.9 Å². The minimum absolute atomic E-state index is 0.0505. The monoisotopic (exact) mass is 603 g/mol. The second-order valence-corrected chi connectivity index (χ2v) is 13.2. The van der Waals surface area contributed by atoms with Gasteiger partial charge in [-0.2, -0.15) is 0 Å². The zero-order valence-electron chi connectivity index (χ0n) is 27.6. The Labute approximate surface area is 261 Å². The maximum absolute atomic E-state index is 12.3. The first-order valence-electron chi connectivity index (χ1n) is 15.6. The van der Waals surface area contributed by atoms with Gasteiger partial charge < -0.3 is 20.1 Å². The number of pyridine rings is 1. The molecule has 0 aliphatic carbocycles. The van der Waals surface area contributed by atoms with Crippen LogP contribution in [0.2, 0.25) is 0 Å². The standard InChI is InChI=1S/C34H49N7O3/c1-9-24(2)25(3)34(7,8)28-22-40(39-38-28)19-21-43-20-17-35-30(42)23-44-27-15-13-26(14-16-27)31-32(37-33(4,5)6)41-18-11-10-12-29(41)36-31/h10-16,18,22,24-25,37H,9,17,19-21,23H2,1-8H3,(H,35,42). The molecule has 0 fully saturated rings. The van der Waals surface area contributed by atoms with Gasteiger partial charge in [-0.3, -0.25) is 9.20 Å². The van der Waals surface area contributed by atoms with E-state index in [1.54, 1.807) is 0 Å². The van der Waals surface area contributed by atoms with Crippen LogP contribution in [0.25, 0.3) is 16.9 Å². The van der Waals surface area contributed by atoms with Crippen molar-refractivity contribution in [2.24, 2.45) is 11.8 Å². The number of hydrogen-bond donors (Lipinski definition) is 2. The second kappa shape index (κ2) is 14.2. The Balaban J connectivity index is 1.18. The number of amides is 1. The summed E-state index contributed by atoms with van der Waals surface area (Å²) in [6, 6.07) is 13.6. The summed E-state index contributed by atoms with van der Waals surface area (Å²) in [6.07, 6.45) is 5.17. The normalized spacial score (nSPS) is 13.5. The molecule has 0 bridgehead atoms. The van der Waals surface area contributed by atoms with Gasteiger partial charge >= 0.3 is 0 Å². The molecule has 0 aliphatic rings. The molecule has 0 saturated heterocycles. The lowest BCUT2D eigenvalue weighted by Crippen LogP contribution is -2.32. The smallest absolute Gasteiger partial charge is 0.258 e. The Kier molecular flexibility index (Phi) is 10.7. The van der Waals surface area contributed by atoms with Crippen molar-refractivity contribution < 1.29 is 14.3 Å². The van der Waals surface area contributed by atoms with Crippen LogP contribution in [0.3, 0.4) is 0 Å². The van der Waals surface area contributed by atoms with Gasteiger partial charge in [0.15, 0.2) is 6.61 Å². The van der Waals surface area contributed by atoms with E-state index >= 15 is 0 Å². The molecule has 0 radical (unpaired) electrons. The molecule has 0 spiro atoms. The third-order valence-electron chi connectivity index (χ3n) is 8.39. The van der Waals surface area contributed by atoms with E-state index in [0.29, 0.717) is 43.9 Å². The van der Waals surface area contributed by atoms with E-state index in [9.17, 15) is 4.79 Å². The number of aromatic nitrogens is 5. The molecular weight excluding hydrogens is 554 g/mol. The number of ether oxygens (including phenoxy) is 2. The van der Waals surface area contributed by atoms with Crippen LogP contribution in [-0.2, 0) is 21.5 Å². The number of nitrogens with zero attached hydrogens (tertiary/aromatic N) is 5. The average molecular weight is 604 g/mol. The van der Waals surface area contributed by atoms with Gasteiger partial charge in [0.05, 0.1) is 25.5 Å². The molecule has 44 heavy (non-hydrogen) atoms. The molecule has 1 aromatic carbocycles. The first-order chi connectivity index (χ1) is 20.9. The van der Waals surface area contributed by atoms with E-state index in [0.717, 1.165) is 34.8 Å². The maximum Gasteiger partial charge on any atom is 0.258 e. The Bertz CT molecular complexity index is 1500. The summed E-state index contributed by atoms with van der Waals surface area (Å²) >= 11 is 0. The zero-order chi connectivity index (χ0) is 31.9. The largest absolute Gasteiger partial charge is 0.484 e. The molecule has 1 amide bonds. The van der Waals surface area contributed by atoms with E-state index in [1.165, 1.54) is 0 Å². The predicted molar refractivity (Wildman–Crippen MR) is 175 cm³/mol. The molecule has 3 aromatic heterocycles. The fraction of sp³-hybridized carbons (Fsp3) is 0.529. The molecule has 2 atom stereocenters. The maximum atomic E-state index is 12.3. The van der Waals surface area contributed by atoms with Crippen molar-refractivity contribution in [2.75, 3.05) is 31.7 Å². The highest BCUT2D eigenvalue weighted by Crippen LogP contribution is 2.36. The van der Waals surface area contributed by atoms with Crippen LogP contribution in [0.5, 0.6) is 5.75 Å². The van der Waals surface area contributed by atoms with Gasteiger partial charge in [0, 0.05) is 35.5 Å². The van der Waals surface area contributed by atoms with Crippen LogP contribution in [0.4, 0.5) is 5.82 Å². The molecule has 0 aliphatic heterocycles. The van der Waals surface area contributed by atoms with E-state index in [4.69, 9.17) is 14.5 Å². The Hall–Kier alpha value is -3.92. The van der Waals surface area contributed by atoms with Crippen LogP contribution in [-0.4, -0.2) is 62.2 Å². The van der Waals surface area contributed by atoms with Gasteiger partial charge in [0.2, 0.25) is 0 Å². The van der Waals surface area contributed by atoms with Crippen LogP contribution >= 0.6 is 0 Å². The summed E-state index contributed by atoms with van der Waals surface area (Å²) in [4.78, 5) is 17.2. The van der Waals surface area contributed by atoms with Gasteiger partial charge in [-0.05, 0) is 69.0 Å². The molecule has 10 nitrogen and oxygen atoms in total. The number of hydrogen-bond acceptors (Lipinski definition) is 7. The number of imidazole rings is 1. The van der Waals surface area contributed by atoms with E-state index in [-0.39, 0.29) is 23.5 Å². The molecule has 2 unspecified atom stereocenters. The lowest BCUT2D eigenvalue weighted by Gasteiger charge is -2.33. The fourth-order valence-electron chi connectivity index (χ4n) is 5.10. The van der Waals surface area contributed by atoms with Gasteiger partial charge in [-0.1, -0.05) is 52.3 Å². The first-order valence-corrected chi connectivity index (χ1v) is 15.6. The quantitative estimate of drug-likeness (QED) is 0.161. The summed E-state index contributed by atoms with van der Waals surface area (Å²) in [5, 5.41) is 15.1. The molecule has 3 heterocycles. The van der Waals surface area contributed by atoms with Gasteiger partial charge in [0.25, 0.3) is 5.91 Å². The van der Waals surface area contributed by atoms with Gasteiger partial charge in [-0.15, -0.1) is 5.10 Å². The van der Waals surface area contributed by atoms with Crippen LogP contribution in [0, 0.1) is 11.8 Å². The van der Waals surface area contributed by atoms with Crippen molar-refractivity contribution in [1.29, 1.82) is 0 Å². The number of benzene rings is 1. The Morgan fingerprint density at radius 2 is 1.77 bits per heavy atom. The molecule has 0 saturated carbocycles. The molecule has 4 rings (SSSR count). The van der Waals surface area contributed by atoms with Crippen molar-refractivity contribution in [2.45, 2.75) is 79.3 Å². The lowest BCUT2D eigenvalue weighted by molar-refractivity contribution is -0.123. The Morgan fingerprint density at radius 3 is 2.48 bits per heavy atom. The summed E-state index contributed by atoms with van der Waals surface area (Å²) in [7, 11) is 0. The predicted octanol–water partition coefficient (Wildman–Crippen LogP) is 5.97. The van der Waals surface area contributed by atoms with Crippen molar-refractivity contribution >= 4 is 17.4 Å². The van der Waals surface area contributed by atoms with E-state index < -0.39 is 0 Å². The summed E-state index contributed by atoms with van der Waals surface area (Å²) in [5.74, 6) is 2.45. The van der Waals surface area contributed by atoms with Crippen molar-refractivity contribution in [3.05, 3.63) is 60.6 Å². The number of carbonyl (C=O) groups excluding carboxylic acids is 1. The van der Waals surface area contributed by atoms with E-state index in [1.807, 2.05) is 59.5 Å². The average Bonchev–Trinajstić information content (AvgIpc) is 3.62. The number of carbonyl (C=O) groups is 1. The highest BCUT2D eigenvalue weighted by Gasteiger charge is 2.33. The van der Waals surface area contributed by atoms with Crippen LogP contribution < -0.4 is 15.4 Å². The molecular formula is C34H49N7O3. The summed E-state index contributed by atoms with van der Waals surface area (Å²) in [5.41, 5.74) is 3.51. The van der Waals surface area contributed by atoms with Crippen molar-refractivity contribution in [3.63, 3.8) is 0 Å². The highest BCUT2D eigenvalue weighted by molar-refractivity contribution is 5.78. The summed E-state index contributed by atoms with van der Waals surface area (Å²) in [6.45, 7) is 19.5. The Morgan fingerprint density at radius 1 is 1.02 bits per heavy atom. The lowest BCUT2D eigenvalue weighted by atomic mass is 9.71. The van der Waals surface area contributed by atoms with Crippen molar-refractivity contribution in [1.82, 2.24) is 29.7 Å². The summed E-state index contributed by atoms with van der Waals surface area (Å²) < 4.78 is 15.3. The number of nitrogens with one attached hydrogen (secondary N) is 2. The molecule has 2 N–H and O–H groups in total. The molecule has 4 aromatic rings. The third-order valence-corrected chi connectivity index (χ3v) is 8.39. The molecule has 10 heteroatoms. The van der Waals surface area contributed by atoms with E-state index in [2.05, 4.69) is 80.7 Å². The second-order valence-electron chi connectivity index (χ2n) is 13.2. The number of fused-ring (bicyclic) bond motifs is 1. The van der Waals surface area contributed by atoms with Crippen LogP contribution in [0.15, 0.2) is 54.9 Å². The minimum Gasteiger partial charge on any atom is -0.484 e. The first kappa shape index (κ1) is 33.0. The molecule has 238 valence electrons. The van der Waals surface area contributed by atoms with Crippen LogP contribution in [0.1, 0.15) is 67.5 Å². The topological polar surface area (TPSA) is 108 Å². The minimum atomic E-state index is -0.201. The number of anilines is 1. The number of rotatable bonds is 15. The highest BCUT2D eigenvalue weighted by atomic mass is 16.5. The SMILES string of the molecule is CCC(C)C(C)C(C)(C)c1cn(CCOCCNC(=O)COc2ccc(-c3nc4ccccn4c3NC(C)(C)C)cc2)nn1. The van der Waals surface area contributed by atoms with Gasteiger partial charge in [-0.25, -0.2) is 9.67 Å². The van der Waals surface area contributed by atoms with Crippen molar-refractivity contribution in [3.8, 4) is 17.0 Å². The fourth-order valence-corrected chi connectivity index (χ4v) is 5.10. The third kappa shape index (κ3) is 8.37. The zero-order valence-corrected chi connectivity index (χ0v) is 27.6.